The summed E-state index contributed by atoms with van der Waals surface area (Å²) in [6.45, 7) is 4.38. The number of methoxy groups -OCH3 is 1. The molecule has 4 aromatic rings. The number of nitrogens with one attached hydrogen (secondary N) is 1. The third-order valence-electron chi connectivity index (χ3n) is 5.84. The van der Waals surface area contributed by atoms with Gasteiger partial charge in [-0.2, -0.15) is 0 Å². The van der Waals surface area contributed by atoms with Crippen LogP contribution in [0.4, 0.5) is 0 Å². The first-order valence-corrected chi connectivity index (χ1v) is 12.7. The van der Waals surface area contributed by atoms with E-state index < -0.39 is 0 Å². The predicted molar refractivity (Wildman–Crippen MR) is 140 cm³/mol. The first-order chi connectivity index (χ1) is 17.1. The Morgan fingerprint density at radius 2 is 1.80 bits per heavy atom. The molecule has 1 heterocycles. The molecule has 0 saturated carbocycles. The molecule has 1 unspecified atom stereocenters. The summed E-state index contributed by atoms with van der Waals surface area (Å²) < 4.78 is 7.37. The lowest BCUT2D eigenvalue weighted by molar-refractivity contribution is -0.122. The van der Waals surface area contributed by atoms with E-state index in [1.165, 1.54) is 5.56 Å². The molecule has 0 saturated heterocycles. The number of aromatic nitrogens is 3. The van der Waals surface area contributed by atoms with Crippen LogP contribution in [0.3, 0.4) is 0 Å². The molecule has 1 amide bonds. The zero-order chi connectivity index (χ0) is 24.6. The molecule has 0 spiro atoms. The number of amides is 1. The minimum absolute atomic E-state index is 0.0114. The Kier molecular flexibility index (Phi) is 8.21. The Balaban J connectivity index is 1.55. The van der Waals surface area contributed by atoms with Gasteiger partial charge in [0.05, 0.1) is 19.6 Å². The first kappa shape index (κ1) is 24.5. The Labute approximate surface area is 210 Å². The summed E-state index contributed by atoms with van der Waals surface area (Å²) in [5.41, 5.74) is 4.29. The Hall–Kier alpha value is -3.58. The molecule has 35 heavy (non-hydrogen) atoms. The van der Waals surface area contributed by atoms with Crippen molar-refractivity contribution < 1.29 is 9.53 Å². The van der Waals surface area contributed by atoms with E-state index in [4.69, 9.17) is 4.74 Å². The van der Waals surface area contributed by atoms with E-state index in [1.807, 2.05) is 60.0 Å². The number of carbonyl (C=O) groups is 1. The van der Waals surface area contributed by atoms with E-state index >= 15 is 0 Å². The van der Waals surface area contributed by atoms with Gasteiger partial charge in [-0.05, 0) is 48.7 Å². The van der Waals surface area contributed by atoms with Crippen molar-refractivity contribution in [2.75, 3.05) is 7.11 Å². The van der Waals surface area contributed by atoms with Crippen LogP contribution in [-0.4, -0.2) is 27.8 Å². The van der Waals surface area contributed by atoms with Crippen molar-refractivity contribution in [2.24, 2.45) is 0 Å². The Morgan fingerprint density at radius 1 is 1.03 bits per heavy atom. The van der Waals surface area contributed by atoms with E-state index in [-0.39, 0.29) is 11.8 Å². The average Bonchev–Trinajstić information content (AvgIpc) is 3.30. The molecule has 7 heteroatoms. The number of aryl methyl sites for hydroxylation is 1. The van der Waals surface area contributed by atoms with Crippen LogP contribution in [0.15, 0.2) is 84.0 Å². The van der Waals surface area contributed by atoms with Crippen LogP contribution in [0.25, 0.3) is 5.69 Å². The fourth-order valence-electron chi connectivity index (χ4n) is 3.92. The maximum atomic E-state index is 13.0. The molecule has 0 aliphatic carbocycles. The molecule has 1 aromatic heterocycles. The van der Waals surface area contributed by atoms with Crippen molar-refractivity contribution >= 4 is 17.7 Å². The van der Waals surface area contributed by atoms with E-state index in [0.717, 1.165) is 39.9 Å². The highest BCUT2D eigenvalue weighted by atomic mass is 32.2. The molecule has 6 nitrogen and oxygen atoms in total. The number of hydrogen-bond donors (Lipinski definition) is 1. The third-order valence-corrected chi connectivity index (χ3v) is 6.84. The summed E-state index contributed by atoms with van der Waals surface area (Å²) in [6.07, 6.45) is 0.724. The lowest BCUT2D eigenvalue weighted by Gasteiger charge is -2.16. The number of rotatable bonds is 10. The Bertz CT molecular complexity index is 1260. The molecule has 3 aromatic carbocycles. The van der Waals surface area contributed by atoms with Gasteiger partial charge >= 0.3 is 0 Å². The lowest BCUT2D eigenvalue weighted by Crippen LogP contribution is -2.29. The maximum absolute atomic E-state index is 13.0. The van der Waals surface area contributed by atoms with Crippen LogP contribution in [0.1, 0.15) is 41.8 Å². The van der Waals surface area contributed by atoms with Crippen molar-refractivity contribution in [3.05, 3.63) is 101 Å². The van der Waals surface area contributed by atoms with Crippen LogP contribution < -0.4 is 10.1 Å². The molecule has 0 aliphatic rings. The number of benzene rings is 3. The van der Waals surface area contributed by atoms with Gasteiger partial charge in [0.25, 0.3) is 0 Å². The van der Waals surface area contributed by atoms with Gasteiger partial charge in [0.2, 0.25) is 5.91 Å². The van der Waals surface area contributed by atoms with Crippen LogP contribution >= 0.6 is 11.8 Å². The van der Waals surface area contributed by atoms with Crippen molar-refractivity contribution in [1.82, 2.24) is 20.1 Å². The van der Waals surface area contributed by atoms with Gasteiger partial charge in [0, 0.05) is 11.4 Å². The summed E-state index contributed by atoms with van der Waals surface area (Å²) in [6, 6.07) is 26.1. The number of carbonyl (C=O) groups excluding carboxylic acids is 1. The SMILES string of the molecule is CCC(C(=O)NCc1nnc(SCc2cccc(OC)c2)n1-c1ccc(C)cc1)c1ccccc1. The Morgan fingerprint density at radius 3 is 2.51 bits per heavy atom. The van der Waals surface area contributed by atoms with Crippen molar-refractivity contribution in [3.8, 4) is 11.4 Å². The van der Waals surface area contributed by atoms with Gasteiger partial charge in [-0.1, -0.05) is 78.8 Å². The van der Waals surface area contributed by atoms with E-state index in [9.17, 15) is 4.79 Å². The molecule has 0 radical (unpaired) electrons. The van der Waals surface area contributed by atoms with Crippen molar-refractivity contribution in [2.45, 2.75) is 43.6 Å². The lowest BCUT2D eigenvalue weighted by atomic mass is 9.96. The molecule has 1 atom stereocenters. The summed E-state index contributed by atoms with van der Waals surface area (Å²) in [7, 11) is 1.67. The fourth-order valence-corrected chi connectivity index (χ4v) is 4.83. The van der Waals surface area contributed by atoms with Gasteiger partial charge in [0.1, 0.15) is 5.75 Å². The highest BCUT2D eigenvalue weighted by molar-refractivity contribution is 7.98. The summed E-state index contributed by atoms with van der Waals surface area (Å²) in [5.74, 6) is 2.03. The second kappa shape index (κ2) is 11.7. The molecular weight excluding hydrogens is 456 g/mol. The smallest absolute Gasteiger partial charge is 0.227 e. The number of ether oxygens (including phenoxy) is 1. The van der Waals surface area contributed by atoms with E-state index in [0.29, 0.717) is 12.4 Å². The highest BCUT2D eigenvalue weighted by Crippen LogP contribution is 2.27. The number of nitrogens with zero attached hydrogens (tertiary/aromatic N) is 3. The summed E-state index contributed by atoms with van der Waals surface area (Å²) in [4.78, 5) is 13.0. The minimum Gasteiger partial charge on any atom is -0.497 e. The molecule has 1 N–H and O–H groups in total. The molecule has 0 bridgehead atoms. The van der Waals surface area contributed by atoms with Gasteiger partial charge in [-0.25, -0.2) is 0 Å². The monoisotopic (exact) mass is 486 g/mol. The van der Waals surface area contributed by atoms with E-state index in [1.54, 1.807) is 18.9 Å². The second-order valence-corrected chi connectivity index (χ2v) is 9.24. The van der Waals surface area contributed by atoms with Crippen LogP contribution in [-0.2, 0) is 17.1 Å². The molecule has 4 rings (SSSR count). The average molecular weight is 487 g/mol. The van der Waals surface area contributed by atoms with Gasteiger partial charge < -0.3 is 10.1 Å². The second-order valence-electron chi connectivity index (χ2n) is 8.30. The van der Waals surface area contributed by atoms with Gasteiger partial charge in [-0.15, -0.1) is 10.2 Å². The van der Waals surface area contributed by atoms with Crippen molar-refractivity contribution in [1.29, 1.82) is 0 Å². The third kappa shape index (κ3) is 6.11. The van der Waals surface area contributed by atoms with Gasteiger partial charge in [-0.3, -0.25) is 9.36 Å². The summed E-state index contributed by atoms with van der Waals surface area (Å²) in [5, 5.41) is 12.8. The molecule has 180 valence electrons. The quantitative estimate of drug-likeness (QED) is 0.292. The number of thioether (sulfide) groups is 1. The van der Waals surface area contributed by atoms with Crippen LogP contribution in [0, 0.1) is 6.92 Å². The van der Waals surface area contributed by atoms with Gasteiger partial charge in [0.15, 0.2) is 11.0 Å². The largest absolute Gasteiger partial charge is 0.497 e. The zero-order valence-electron chi connectivity index (χ0n) is 20.3. The molecule has 0 fully saturated rings. The van der Waals surface area contributed by atoms with E-state index in [2.05, 4.69) is 52.8 Å². The normalized spacial score (nSPS) is 11.7. The van der Waals surface area contributed by atoms with Crippen molar-refractivity contribution in [3.63, 3.8) is 0 Å². The fraction of sp³-hybridized carbons (Fsp3) is 0.250. The molecule has 0 aliphatic heterocycles. The first-order valence-electron chi connectivity index (χ1n) is 11.7. The highest BCUT2D eigenvalue weighted by Gasteiger charge is 2.20. The zero-order valence-corrected chi connectivity index (χ0v) is 21.1. The van der Waals surface area contributed by atoms with Crippen LogP contribution in [0.2, 0.25) is 0 Å². The van der Waals surface area contributed by atoms with Crippen LogP contribution in [0.5, 0.6) is 5.75 Å². The number of hydrogen-bond acceptors (Lipinski definition) is 5. The maximum Gasteiger partial charge on any atom is 0.227 e. The standard InChI is InChI=1S/C28H30N4O2S/c1-4-25(22-10-6-5-7-11-22)27(33)29-18-26-30-31-28(32(26)23-15-13-20(2)14-16-23)35-19-21-9-8-12-24(17-21)34-3/h5-17,25H,4,18-19H2,1-3H3,(H,29,33). The molecular formula is C28H30N4O2S. The summed E-state index contributed by atoms with van der Waals surface area (Å²) >= 11 is 1.60. The topological polar surface area (TPSA) is 69.0 Å². The predicted octanol–water partition coefficient (Wildman–Crippen LogP) is 5.69. The minimum atomic E-state index is -0.200.